The molecule has 4 fully saturated rings. The van der Waals surface area contributed by atoms with E-state index in [0.29, 0.717) is 23.9 Å². The predicted molar refractivity (Wildman–Crippen MR) is 89.0 cm³/mol. The molecule has 4 nitrogen and oxygen atoms in total. The summed E-state index contributed by atoms with van der Waals surface area (Å²) >= 11 is 6.56. The van der Waals surface area contributed by atoms with Gasteiger partial charge in [-0.2, -0.15) is 5.26 Å². The highest BCUT2D eigenvalue weighted by atomic mass is 35.5. The highest BCUT2D eigenvalue weighted by molar-refractivity contribution is 6.20. The number of piperidine rings is 1. The summed E-state index contributed by atoms with van der Waals surface area (Å²) in [5.74, 6) is 1.03. The Balaban J connectivity index is 1.34. The lowest BCUT2D eigenvalue weighted by Gasteiger charge is -2.53. The lowest BCUT2D eigenvalue weighted by molar-refractivity contribution is 0.00842. The van der Waals surface area contributed by atoms with Crippen LogP contribution in [0, 0.1) is 29.1 Å². The van der Waals surface area contributed by atoms with E-state index in [1.807, 2.05) is 0 Å². The molecule has 2 heterocycles. The molecule has 0 spiro atoms. The van der Waals surface area contributed by atoms with Gasteiger partial charge in [-0.1, -0.05) is 0 Å². The second-order valence-electron chi connectivity index (χ2n) is 8.00. The molecule has 0 radical (unpaired) electrons. The zero-order chi connectivity index (χ0) is 16.0. The van der Waals surface area contributed by atoms with Gasteiger partial charge in [0.2, 0.25) is 0 Å². The molecular formula is C18H26ClN3O. The van der Waals surface area contributed by atoms with E-state index < -0.39 is 0 Å². The monoisotopic (exact) mass is 335 g/mol. The minimum absolute atomic E-state index is 0.146. The van der Waals surface area contributed by atoms with Crippen LogP contribution in [-0.2, 0) is 0 Å². The molecule has 2 aliphatic heterocycles. The molecule has 2 aliphatic carbocycles. The van der Waals surface area contributed by atoms with Gasteiger partial charge in [0.05, 0.1) is 6.07 Å². The first-order valence-corrected chi connectivity index (χ1v) is 9.73. The van der Waals surface area contributed by atoms with E-state index in [1.165, 1.54) is 25.7 Å². The van der Waals surface area contributed by atoms with Crippen LogP contribution in [0.3, 0.4) is 0 Å². The molecule has 2 bridgehead atoms. The molecule has 4 aliphatic rings. The number of halogens is 1. The zero-order valence-corrected chi connectivity index (χ0v) is 14.3. The van der Waals surface area contributed by atoms with Crippen molar-refractivity contribution in [1.82, 2.24) is 10.2 Å². The molecule has 5 heteroatoms. The summed E-state index contributed by atoms with van der Waals surface area (Å²) in [7, 11) is 0. The molecule has 0 aromatic rings. The quantitative estimate of drug-likeness (QED) is 0.783. The number of nitriles is 1. The van der Waals surface area contributed by atoms with Crippen LogP contribution >= 0.6 is 11.6 Å². The summed E-state index contributed by atoms with van der Waals surface area (Å²) in [5.41, 5.74) is 0. The molecule has 2 saturated heterocycles. The van der Waals surface area contributed by atoms with E-state index in [4.69, 9.17) is 11.6 Å². The number of nitrogens with zero attached hydrogens (tertiary/aromatic N) is 2. The van der Waals surface area contributed by atoms with Crippen molar-refractivity contribution in [3.05, 3.63) is 0 Å². The number of amides is 2. The molecule has 0 aromatic heterocycles. The van der Waals surface area contributed by atoms with Gasteiger partial charge in [0.1, 0.15) is 0 Å². The fourth-order valence-electron chi connectivity index (χ4n) is 5.33. The predicted octanol–water partition coefficient (Wildman–Crippen LogP) is 3.65. The van der Waals surface area contributed by atoms with Crippen molar-refractivity contribution in [3.8, 4) is 6.07 Å². The molecule has 2 saturated carbocycles. The lowest BCUT2D eigenvalue weighted by Crippen LogP contribution is -2.64. The maximum Gasteiger partial charge on any atom is 0.318 e. The van der Waals surface area contributed by atoms with Gasteiger partial charge in [-0.15, -0.1) is 11.6 Å². The molecule has 7 atom stereocenters. The number of hydrogen-bond acceptors (Lipinski definition) is 2. The van der Waals surface area contributed by atoms with Gasteiger partial charge >= 0.3 is 6.03 Å². The smallest absolute Gasteiger partial charge is 0.318 e. The Hall–Kier alpha value is -0.950. The van der Waals surface area contributed by atoms with E-state index in [-0.39, 0.29) is 23.4 Å². The standard InChI is InChI=1S/C18H26ClN3O/c19-17-7-5-12(8-16(17)15-6-4-11(15)10-20)21-18(23)22-13-2-1-3-14(22)9-13/h11-17H,1-9H2,(H,21,23)/t11-,12?,13?,14?,15-,16?,17?/m1/s1. The number of urea groups is 1. The van der Waals surface area contributed by atoms with Crippen molar-refractivity contribution in [2.75, 3.05) is 0 Å². The fourth-order valence-corrected chi connectivity index (χ4v) is 5.74. The molecule has 0 aromatic carbocycles. The first-order valence-electron chi connectivity index (χ1n) is 9.30. The zero-order valence-electron chi connectivity index (χ0n) is 13.6. The van der Waals surface area contributed by atoms with Crippen LogP contribution in [0.2, 0.25) is 0 Å². The van der Waals surface area contributed by atoms with Gasteiger partial charge in [-0.25, -0.2) is 4.79 Å². The summed E-state index contributed by atoms with van der Waals surface area (Å²) < 4.78 is 0. The van der Waals surface area contributed by atoms with Crippen LogP contribution in [0.5, 0.6) is 0 Å². The van der Waals surface area contributed by atoms with Crippen molar-refractivity contribution in [2.24, 2.45) is 17.8 Å². The number of nitrogens with one attached hydrogen (secondary N) is 1. The minimum Gasteiger partial charge on any atom is -0.335 e. The van der Waals surface area contributed by atoms with Gasteiger partial charge in [0, 0.05) is 29.4 Å². The molecule has 2 amide bonds. The number of rotatable bonds is 2. The number of fused-ring (bicyclic) bond motifs is 2. The Kier molecular flexibility index (Phi) is 4.17. The summed E-state index contributed by atoms with van der Waals surface area (Å²) in [4.78, 5) is 14.7. The van der Waals surface area contributed by atoms with Crippen LogP contribution in [0.1, 0.15) is 57.8 Å². The van der Waals surface area contributed by atoms with E-state index in [0.717, 1.165) is 32.1 Å². The molecule has 23 heavy (non-hydrogen) atoms. The normalized spacial score (nSPS) is 45.4. The number of hydrogen-bond donors (Lipinski definition) is 1. The highest BCUT2D eigenvalue weighted by Gasteiger charge is 2.46. The minimum atomic E-state index is 0.146. The number of alkyl halides is 1. The Morgan fingerprint density at radius 2 is 1.83 bits per heavy atom. The summed E-state index contributed by atoms with van der Waals surface area (Å²) in [6.45, 7) is 0. The lowest BCUT2D eigenvalue weighted by atomic mass is 9.63. The van der Waals surface area contributed by atoms with Crippen LogP contribution < -0.4 is 5.32 Å². The number of carbonyl (C=O) groups is 1. The topological polar surface area (TPSA) is 56.1 Å². The second kappa shape index (κ2) is 6.16. The maximum atomic E-state index is 12.6. The van der Waals surface area contributed by atoms with E-state index >= 15 is 0 Å². The molecular weight excluding hydrogens is 310 g/mol. The summed E-state index contributed by atoms with van der Waals surface area (Å²) in [6.07, 6.45) is 9.86. The van der Waals surface area contributed by atoms with E-state index in [2.05, 4.69) is 16.3 Å². The third-order valence-corrected chi connectivity index (χ3v) is 7.37. The van der Waals surface area contributed by atoms with Crippen LogP contribution in [0.15, 0.2) is 0 Å². The molecule has 5 unspecified atom stereocenters. The largest absolute Gasteiger partial charge is 0.335 e. The number of carbonyl (C=O) groups excluding carboxylic acids is 1. The van der Waals surface area contributed by atoms with Gasteiger partial charge in [0.25, 0.3) is 0 Å². The summed E-state index contributed by atoms with van der Waals surface area (Å²) in [6, 6.07) is 3.80. The SMILES string of the molecule is N#C[C@H]1CC[C@H]1C1CC(NC(=O)N2C3CCCC2C3)CCC1Cl. The Bertz CT molecular complexity index is 505. The fraction of sp³-hybridized carbons (Fsp3) is 0.889. The van der Waals surface area contributed by atoms with Crippen LogP contribution in [0.4, 0.5) is 4.79 Å². The Labute approximate surface area is 143 Å². The highest BCUT2D eigenvalue weighted by Crippen LogP contribution is 2.46. The maximum absolute atomic E-state index is 12.6. The average Bonchev–Trinajstić information content (AvgIpc) is 2.50. The van der Waals surface area contributed by atoms with Crippen LogP contribution in [0.25, 0.3) is 0 Å². The third kappa shape index (κ3) is 2.71. The third-order valence-electron chi connectivity index (χ3n) is 6.82. The Morgan fingerprint density at radius 3 is 2.43 bits per heavy atom. The molecule has 1 N–H and O–H groups in total. The van der Waals surface area contributed by atoms with Gasteiger partial charge in [-0.3, -0.25) is 0 Å². The molecule has 126 valence electrons. The van der Waals surface area contributed by atoms with Gasteiger partial charge in [0.15, 0.2) is 0 Å². The average molecular weight is 336 g/mol. The van der Waals surface area contributed by atoms with E-state index in [9.17, 15) is 10.1 Å². The Morgan fingerprint density at radius 1 is 1.04 bits per heavy atom. The first-order chi connectivity index (χ1) is 11.2. The van der Waals surface area contributed by atoms with Crippen molar-refractivity contribution >= 4 is 17.6 Å². The van der Waals surface area contributed by atoms with Crippen molar-refractivity contribution in [3.63, 3.8) is 0 Å². The van der Waals surface area contributed by atoms with Gasteiger partial charge < -0.3 is 10.2 Å². The van der Waals surface area contributed by atoms with Crippen LogP contribution in [-0.4, -0.2) is 34.4 Å². The van der Waals surface area contributed by atoms with Crippen molar-refractivity contribution in [1.29, 1.82) is 5.26 Å². The summed E-state index contributed by atoms with van der Waals surface area (Å²) in [5, 5.41) is 12.7. The van der Waals surface area contributed by atoms with Crippen molar-refractivity contribution in [2.45, 2.75) is 81.3 Å². The second-order valence-corrected chi connectivity index (χ2v) is 8.56. The first kappa shape index (κ1) is 15.6. The van der Waals surface area contributed by atoms with Crippen molar-refractivity contribution < 1.29 is 4.79 Å². The van der Waals surface area contributed by atoms with E-state index in [1.54, 1.807) is 0 Å². The van der Waals surface area contributed by atoms with Gasteiger partial charge in [-0.05, 0) is 69.6 Å². The molecule has 4 rings (SSSR count).